The third-order valence-electron chi connectivity index (χ3n) is 5.85. The molecule has 34 heavy (non-hydrogen) atoms. The second-order valence-corrected chi connectivity index (χ2v) is 7.78. The van der Waals surface area contributed by atoms with Crippen molar-refractivity contribution in [2.45, 2.75) is 19.3 Å². The van der Waals surface area contributed by atoms with E-state index in [0.29, 0.717) is 60.2 Å². The number of carboxylic acid groups (broad SMARTS) is 2. The summed E-state index contributed by atoms with van der Waals surface area (Å²) in [4.78, 5) is 24.5. The average molecular weight is 478 g/mol. The quantitative estimate of drug-likeness (QED) is 0.412. The van der Waals surface area contributed by atoms with Crippen molar-refractivity contribution in [1.82, 2.24) is 0 Å². The second-order valence-electron chi connectivity index (χ2n) is 7.78. The zero-order chi connectivity index (χ0) is 24.0. The molecule has 0 radical (unpaired) electrons. The summed E-state index contributed by atoms with van der Waals surface area (Å²) >= 11 is 0. The molecule has 0 amide bonds. The molecule has 1 aromatic carbocycles. The molecule has 1 unspecified atom stereocenters. The van der Waals surface area contributed by atoms with Gasteiger partial charge in [0.05, 0.1) is 38.2 Å². The Morgan fingerprint density at radius 1 is 1.18 bits per heavy atom. The Morgan fingerprint density at radius 2 is 1.85 bits per heavy atom. The van der Waals surface area contributed by atoms with Gasteiger partial charge in [-0.1, -0.05) is 0 Å². The van der Waals surface area contributed by atoms with E-state index in [4.69, 9.17) is 19.0 Å². The normalized spacial score (nSPS) is 15.1. The molecule has 176 valence electrons. The number of aliphatic carboxylic acids is 2. The van der Waals surface area contributed by atoms with Crippen molar-refractivity contribution in [3.8, 4) is 17.6 Å². The Hall–Kier alpha value is -2.93. The number of piperidine rings is 1. The Balaban J connectivity index is 0.00000408. The SMILES string of the molecule is COc1ccc(C(C#N)=Cc2ccc(N3CCC(C(CC(=O)O)C(=O)O)CC3)o2)cc1OC.[NaH]. The van der Waals surface area contributed by atoms with Crippen LogP contribution in [0.2, 0.25) is 0 Å². The monoisotopic (exact) mass is 478 g/mol. The van der Waals surface area contributed by atoms with Crippen LogP contribution < -0.4 is 14.4 Å². The van der Waals surface area contributed by atoms with Crippen LogP contribution in [-0.2, 0) is 9.59 Å². The number of rotatable bonds is 9. The molecule has 2 N–H and O–H groups in total. The van der Waals surface area contributed by atoms with Crippen LogP contribution in [0.25, 0.3) is 11.6 Å². The predicted molar refractivity (Wildman–Crippen MR) is 127 cm³/mol. The van der Waals surface area contributed by atoms with Gasteiger partial charge in [0.1, 0.15) is 5.76 Å². The van der Waals surface area contributed by atoms with Crippen molar-refractivity contribution in [1.29, 1.82) is 5.26 Å². The van der Waals surface area contributed by atoms with E-state index in [0.717, 1.165) is 0 Å². The molecule has 2 aromatic rings. The number of ether oxygens (including phenoxy) is 2. The van der Waals surface area contributed by atoms with E-state index in [-0.39, 0.29) is 41.9 Å². The van der Waals surface area contributed by atoms with E-state index in [2.05, 4.69) is 6.07 Å². The maximum absolute atomic E-state index is 11.5. The Bertz CT molecular complexity index is 1080. The molecular weight excluding hydrogens is 451 g/mol. The molecule has 9 nitrogen and oxygen atoms in total. The van der Waals surface area contributed by atoms with Crippen LogP contribution in [-0.4, -0.2) is 79.0 Å². The first-order valence-corrected chi connectivity index (χ1v) is 10.5. The molecule has 0 saturated carbocycles. The first-order chi connectivity index (χ1) is 15.9. The summed E-state index contributed by atoms with van der Waals surface area (Å²) in [6.07, 6.45) is 2.39. The minimum absolute atomic E-state index is 0. The van der Waals surface area contributed by atoms with Crippen LogP contribution in [0.3, 0.4) is 0 Å². The van der Waals surface area contributed by atoms with E-state index in [9.17, 15) is 20.0 Å². The van der Waals surface area contributed by atoms with Crippen molar-refractivity contribution in [2.24, 2.45) is 11.8 Å². The first-order valence-electron chi connectivity index (χ1n) is 10.5. The van der Waals surface area contributed by atoms with Gasteiger partial charge < -0.3 is 29.0 Å². The Labute approximate surface area is 219 Å². The van der Waals surface area contributed by atoms with E-state index in [1.807, 2.05) is 11.0 Å². The van der Waals surface area contributed by atoms with Gasteiger partial charge in [0.25, 0.3) is 0 Å². The zero-order valence-electron chi connectivity index (χ0n) is 18.5. The molecule has 0 bridgehead atoms. The number of methoxy groups -OCH3 is 2. The van der Waals surface area contributed by atoms with E-state index in [1.54, 1.807) is 37.5 Å². The molecule has 1 fully saturated rings. The van der Waals surface area contributed by atoms with Gasteiger partial charge in [0, 0.05) is 19.2 Å². The standard InChI is InChI=1S/C24H26N2O7.Na.H/c1-31-20-5-3-16(12-21(20)32-2)17(14-25)11-18-4-6-22(33-18)26-9-7-15(8-10-26)19(24(29)30)13-23(27)28;;/h3-6,11-12,15,19H,7-10,13H2,1-2H3,(H,27,28)(H,29,30);;. The molecule has 1 saturated heterocycles. The van der Waals surface area contributed by atoms with Gasteiger partial charge in [-0.25, -0.2) is 0 Å². The van der Waals surface area contributed by atoms with Crippen LogP contribution in [0.4, 0.5) is 5.88 Å². The third kappa shape index (κ3) is 6.56. The van der Waals surface area contributed by atoms with Crippen molar-refractivity contribution >= 4 is 59.0 Å². The Morgan fingerprint density at radius 3 is 2.41 bits per heavy atom. The summed E-state index contributed by atoms with van der Waals surface area (Å²) in [5, 5.41) is 28.0. The molecule has 1 aliphatic rings. The Kier molecular flexibility index (Phi) is 10.1. The van der Waals surface area contributed by atoms with Gasteiger partial charge in [-0.3, -0.25) is 9.59 Å². The summed E-state index contributed by atoms with van der Waals surface area (Å²) in [5.74, 6) is -1.05. The molecule has 1 aliphatic heterocycles. The fourth-order valence-electron chi connectivity index (χ4n) is 4.08. The van der Waals surface area contributed by atoms with E-state index >= 15 is 0 Å². The van der Waals surface area contributed by atoms with Crippen molar-refractivity contribution in [3.63, 3.8) is 0 Å². The predicted octanol–water partition coefficient (Wildman–Crippen LogP) is 3.10. The number of furan rings is 1. The number of carboxylic acids is 2. The molecule has 2 heterocycles. The number of hydrogen-bond donors (Lipinski definition) is 2. The molecule has 3 rings (SSSR count). The fourth-order valence-corrected chi connectivity index (χ4v) is 4.08. The number of allylic oxidation sites excluding steroid dienone is 1. The number of hydrogen-bond acceptors (Lipinski definition) is 7. The zero-order valence-corrected chi connectivity index (χ0v) is 18.5. The molecule has 0 spiro atoms. The summed E-state index contributed by atoms with van der Waals surface area (Å²) < 4.78 is 16.5. The van der Waals surface area contributed by atoms with Crippen LogP contribution in [0, 0.1) is 23.2 Å². The molecule has 1 atom stereocenters. The van der Waals surface area contributed by atoms with Crippen molar-refractivity contribution < 1.29 is 33.7 Å². The summed E-state index contributed by atoms with van der Waals surface area (Å²) in [6.45, 7) is 1.12. The molecule has 0 aliphatic carbocycles. The fraction of sp³-hybridized carbons (Fsp3) is 0.375. The van der Waals surface area contributed by atoms with Crippen LogP contribution in [0.1, 0.15) is 30.6 Å². The summed E-state index contributed by atoms with van der Waals surface area (Å²) in [6, 6.07) is 11.0. The maximum atomic E-state index is 11.5. The second kappa shape index (κ2) is 12.5. The first kappa shape index (κ1) is 27.3. The topological polar surface area (TPSA) is 133 Å². The third-order valence-corrected chi connectivity index (χ3v) is 5.85. The number of nitriles is 1. The summed E-state index contributed by atoms with van der Waals surface area (Å²) in [5.41, 5.74) is 1.06. The van der Waals surface area contributed by atoms with Gasteiger partial charge >= 0.3 is 41.5 Å². The van der Waals surface area contributed by atoms with Crippen LogP contribution in [0.15, 0.2) is 34.7 Å². The number of nitrogens with zero attached hydrogens (tertiary/aromatic N) is 2. The molecule has 10 heteroatoms. The van der Waals surface area contributed by atoms with E-state index < -0.39 is 17.9 Å². The molecular formula is C24H27N2NaO7. The van der Waals surface area contributed by atoms with Gasteiger partial charge in [-0.15, -0.1) is 0 Å². The van der Waals surface area contributed by atoms with Crippen LogP contribution in [0.5, 0.6) is 11.5 Å². The van der Waals surface area contributed by atoms with Crippen LogP contribution >= 0.6 is 0 Å². The number of carbonyl (C=O) groups is 2. The summed E-state index contributed by atoms with van der Waals surface area (Å²) in [7, 11) is 3.07. The van der Waals surface area contributed by atoms with E-state index in [1.165, 1.54) is 7.11 Å². The van der Waals surface area contributed by atoms with Gasteiger partial charge in [-0.05, 0) is 54.7 Å². The number of anilines is 1. The average Bonchev–Trinajstić information content (AvgIpc) is 3.29. The minimum atomic E-state index is -1.10. The van der Waals surface area contributed by atoms with Crippen molar-refractivity contribution in [3.05, 3.63) is 41.7 Å². The van der Waals surface area contributed by atoms with Crippen molar-refractivity contribution in [2.75, 3.05) is 32.2 Å². The van der Waals surface area contributed by atoms with Gasteiger partial charge in [0.15, 0.2) is 17.4 Å². The number of benzene rings is 1. The molecule has 1 aromatic heterocycles. The van der Waals surface area contributed by atoms with Gasteiger partial charge in [0.2, 0.25) is 0 Å². The van der Waals surface area contributed by atoms with Gasteiger partial charge in [-0.2, -0.15) is 5.26 Å².